The van der Waals surface area contributed by atoms with Crippen LogP contribution in [0.25, 0.3) is 0 Å². The predicted octanol–water partition coefficient (Wildman–Crippen LogP) is 1.92. The molecule has 2 rings (SSSR count). The number of nitrogens with one attached hydrogen (secondary N) is 1. The first kappa shape index (κ1) is 15.7. The number of aryl methyl sites for hydroxylation is 1. The minimum Gasteiger partial charge on any atom is -0.478 e. The lowest BCUT2D eigenvalue weighted by Gasteiger charge is -2.07. The van der Waals surface area contributed by atoms with Crippen LogP contribution in [0.15, 0.2) is 38.2 Å². The molecule has 0 fully saturated rings. The summed E-state index contributed by atoms with van der Waals surface area (Å²) < 4.78 is 32.0. The van der Waals surface area contributed by atoms with Crippen molar-refractivity contribution >= 4 is 31.9 Å². The predicted molar refractivity (Wildman–Crippen MR) is 76.4 cm³/mol. The molecule has 1 aromatic carbocycles. The molecule has 112 valence electrons. The Morgan fingerprint density at radius 3 is 2.71 bits per heavy atom. The summed E-state index contributed by atoms with van der Waals surface area (Å²) >= 11 is 3.06. The molecule has 0 unspecified atom stereocenters. The van der Waals surface area contributed by atoms with E-state index in [1.165, 1.54) is 24.4 Å². The van der Waals surface area contributed by atoms with Crippen LogP contribution in [0, 0.1) is 6.92 Å². The molecule has 0 radical (unpaired) electrons. The van der Waals surface area contributed by atoms with Crippen molar-refractivity contribution < 1.29 is 22.7 Å². The number of aromatic nitrogens is 1. The molecule has 0 bridgehead atoms. The monoisotopic (exact) mass is 374 g/mol. The zero-order valence-electron chi connectivity index (χ0n) is 10.8. The van der Waals surface area contributed by atoms with E-state index in [1.54, 1.807) is 6.92 Å². The van der Waals surface area contributed by atoms with Crippen LogP contribution in [0.4, 0.5) is 0 Å². The van der Waals surface area contributed by atoms with Crippen LogP contribution in [-0.4, -0.2) is 24.5 Å². The van der Waals surface area contributed by atoms with E-state index < -0.39 is 16.0 Å². The SMILES string of the molecule is Cc1cnc(CNS(=O)(=O)c2ccc(C(=O)O)cc2Br)o1. The third kappa shape index (κ3) is 3.69. The zero-order chi connectivity index (χ0) is 15.6. The number of hydrogen-bond acceptors (Lipinski definition) is 5. The molecular formula is C12H11BrN2O5S. The maximum Gasteiger partial charge on any atom is 0.335 e. The first-order chi connectivity index (χ1) is 9.79. The molecule has 0 amide bonds. The summed E-state index contributed by atoms with van der Waals surface area (Å²) in [5.74, 6) is -0.312. The summed E-state index contributed by atoms with van der Waals surface area (Å²) in [6, 6.07) is 3.67. The second-order valence-electron chi connectivity index (χ2n) is 4.14. The highest BCUT2D eigenvalue weighted by Crippen LogP contribution is 2.23. The Bertz CT molecular complexity index is 785. The van der Waals surface area contributed by atoms with Crippen molar-refractivity contribution in [3.05, 3.63) is 46.1 Å². The summed E-state index contributed by atoms with van der Waals surface area (Å²) in [7, 11) is -3.81. The number of nitrogens with zero attached hydrogens (tertiary/aromatic N) is 1. The smallest absolute Gasteiger partial charge is 0.335 e. The molecule has 2 N–H and O–H groups in total. The number of sulfonamides is 1. The van der Waals surface area contributed by atoms with Gasteiger partial charge in [0.15, 0.2) is 0 Å². The lowest BCUT2D eigenvalue weighted by molar-refractivity contribution is 0.0696. The summed E-state index contributed by atoms with van der Waals surface area (Å²) in [6.45, 7) is 1.61. The van der Waals surface area contributed by atoms with Gasteiger partial charge in [0, 0.05) is 4.47 Å². The Labute approximate surface area is 129 Å². The molecule has 1 aromatic heterocycles. The topological polar surface area (TPSA) is 110 Å². The molecule has 0 saturated carbocycles. The summed E-state index contributed by atoms with van der Waals surface area (Å²) in [5.41, 5.74) is -0.0100. The summed E-state index contributed by atoms with van der Waals surface area (Å²) in [4.78, 5) is 14.7. The molecule has 7 nitrogen and oxygen atoms in total. The lowest BCUT2D eigenvalue weighted by atomic mass is 10.2. The van der Waals surface area contributed by atoms with Crippen molar-refractivity contribution in [3.63, 3.8) is 0 Å². The van der Waals surface area contributed by atoms with Crippen molar-refractivity contribution in [3.8, 4) is 0 Å². The maximum atomic E-state index is 12.2. The standard InChI is InChI=1S/C12H11BrN2O5S/c1-7-5-14-11(20-7)6-15-21(18,19)10-3-2-8(12(16)17)4-9(10)13/h2-5,15H,6H2,1H3,(H,16,17). The van der Waals surface area contributed by atoms with E-state index in [2.05, 4.69) is 25.6 Å². The molecule has 1 heterocycles. The highest BCUT2D eigenvalue weighted by atomic mass is 79.9. The number of halogens is 1. The van der Waals surface area contributed by atoms with Gasteiger partial charge in [0.2, 0.25) is 15.9 Å². The van der Waals surface area contributed by atoms with Gasteiger partial charge in [-0.3, -0.25) is 0 Å². The number of oxazole rings is 1. The molecule has 0 atom stereocenters. The molecule has 0 spiro atoms. The first-order valence-corrected chi connectivity index (χ1v) is 8.01. The van der Waals surface area contributed by atoms with Gasteiger partial charge in [-0.1, -0.05) is 0 Å². The highest BCUT2D eigenvalue weighted by molar-refractivity contribution is 9.10. The fourth-order valence-corrected chi connectivity index (χ4v) is 3.62. The maximum absolute atomic E-state index is 12.2. The van der Waals surface area contributed by atoms with Gasteiger partial charge in [0.05, 0.1) is 23.2 Å². The number of rotatable bonds is 5. The van der Waals surface area contributed by atoms with Crippen LogP contribution in [-0.2, 0) is 16.6 Å². The van der Waals surface area contributed by atoms with Crippen molar-refractivity contribution in [1.29, 1.82) is 0 Å². The average Bonchev–Trinajstić information content (AvgIpc) is 2.82. The minimum absolute atomic E-state index is 0.0100. The molecule has 0 aliphatic carbocycles. The Hall–Kier alpha value is -1.71. The Morgan fingerprint density at radius 2 is 2.19 bits per heavy atom. The van der Waals surface area contributed by atoms with Crippen LogP contribution in [0.1, 0.15) is 22.0 Å². The van der Waals surface area contributed by atoms with Crippen molar-refractivity contribution in [1.82, 2.24) is 9.71 Å². The number of hydrogen-bond donors (Lipinski definition) is 2. The molecule has 9 heteroatoms. The van der Waals surface area contributed by atoms with Crippen LogP contribution >= 0.6 is 15.9 Å². The second-order valence-corrected chi connectivity index (χ2v) is 6.73. The molecule has 0 saturated heterocycles. The quantitative estimate of drug-likeness (QED) is 0.827. The zero-order valence-corrected chi connectivity index (χ0v) is 13.2. The van der Waals surface area contributed by atoms with Crippen LogP contribution in [0.5, 0.6) is 0 Å². The molecular weight excluding hydrogens is 364 g/mol. The van der Waals surface area contributed by atoms with Crippen LogP contribution < -0.4 is 4.72 Å². The molecule has 21 heavy (non-hydrogen) atoms. The number of carbonyl (C=O) groups is 1. The van der Waals surface area contributed by atoms with Crippen molar-refractivity contribution in [2.75, 3.05) is 0 Å². The highest BCUT2D eigenvalue weighted by Gasteiger charge is 2.19. The molecule has 0 aliphatic rings. The fraction of sp³-hybridized carbons (Fsp3) is 0.167. The van der Waals surface area contributed by atoms with Gasteiger partial charge in [-0.15, -0.1) is 0 Å². The largest absolute Gasteiger partial charge is 0.478 e. The minimum atomic E-state index is -3.81. The van der Waals surface area contributed by atoms with Gasteiger partial charge in [-0.25, -0.2) is 22.9 Å². The Balaban J connectivity index is 2.21. The molecule has 0 aliphatic heterocycles. The van der Waals surface area contributed by atoms with Gasteiger partial charge in [-0.2, -0.15) is 0 Å². The van der Waals surface area contributed by atoms with Gasteiger partial charge < -0.3 is 9.52 Å². The third-order valence-corrected chi connectivity index (χ3v) is 4.93. The van der Waals surface area contributed by atoms with Crippen molar-refractivity contribution in [2.24, 2.45) is 0 Å². The van der Waals surface area contributed by atoms with E-state index in [0.29, 0.717) is 5.76 Å². The van der Waals surface area contributed by atoms with Crippen LogP contribution in [0.2, 0.25) is 0 Å². The van der Waals surface area contributed by atoms with E-state index in [1.807, 2.05) is 0 Å². The van der Waals surface area contributed by atoms with Gasteiger partial charge >= 0.3 is 5.97 Å². The number of aromatic carboxylic acids is 1. The summed E-state index contributed by atoms with van der Waals surface area (Å²) in [5, 5.41) is 8.85. The third-order valence-electron chi connectivity index (χ3n) is 2.55. The number of benzene rings is 1. The van der Waals surface area contributed by atoms with E-state index in [0.717, 1.165) is 0 Å². The number of carboxylic acid groups (broad SMARTS) is 1. The first-order valence-electron chi connectivity index (χ1n) is 5.73. The van der Waals surface area contributed by atoms with E-state index in [-0.39, 0.29) is 27.4 Å². The Kier molecular flexibility index (Phi) is 4.45. The van der Waals surface area contributed by atoms with E-state index in [9.17, 15) is 13.2 Å². The van der Waals surface area contributed by atoms with E-state index >= 15 is 0 Å². The lowest BCUT2D eigenvalue weighted by Crippen LogP contribution is -2.23. The van der Waals surface area contributed by atoms with Crippen LogP contribution in [0.3, 0.4) is 0 Å². The second kappa shape index (κ2) is 5.96. The van der Waals surface area contributed by atoms with Crippen molar-refractivity contribution in [2.45, 2.75) is 18.4 Å². The fourth-order valence-electron chi connectivity index (χ4n) is 1.57. The summed E-state index contributed by atoms with van der Waals surface area (Å²) in [6.07, 6.45) is 1.49. The van der Waals surface area contributed by atoms with Gasteiger partial charge in [0.25, 0.3) is 0 Å². The van der Waals surface area contributed by atoms with E-state index in [4.69, 9.17) is 9.52 Å². The number of carboxylic acids is 1. The average molecular weight is 375 g/mol. The Morgan fingerprint density at radius 1 is 1.48 bits per heavy atom. The van der Waals surface area contributed by atoms with Gasteiger partial charge in [-0.05, 0) is 41.1 Å². The normalized spacial score (nSPS) is 11.5. The molecule has 2 aromatic rings. The van der Waals surface area contributed by atoms with Gasteiger partial charge in [0.1, 0.15) is 5.76 Å².